The second-order valence-corrected chi connectivity index (χ2v) is 5.84. The lowest BCUT2D eigenvalue weighted by molar-refractivity contribution is 0.283. The highest BCUT2D eigenvalue weighted by Crippen LogP contribution is 2.26. The van der Waals surface area contributed by atoms with Crippen LogP contribution in [0.25, 0.3) is 10.9 Å². The van der Waals surface area contributed by atoms with E-state index >= 15 is 0 Å². The number of hydrogen-bond acceptors (Lipinski definition) is 3. The summed E-state index contributed by atoms with van der Waals surface area (Å²) in [6, 6.07) is 10.1. The van der Waals surface area contributed by atoms with E-state index in [9.17, 15) is 5.11 Å². The fraction of sp³-hybridized carbons (Fsp3) is 0.471. The first-order valence-electron chi connectivity index (χ1n) is 7.52. The van der Waals surface area contributed by atoms with Gasteiger partial charge in [-0.25, -0.2) is 4.98 Å². The molecule has 1 aromatic carbocycles. The molecule has 0 amide bonds. The molecule has 3 heteroatoms. The predicted molar refractivity (Wildman–Crippen MR) is 82.9 cm³/mol. The molecule has 3 nitrogen and oxygen atoms in total. The van der Waals surface area contributed by atoms with E-state index < -0.39 is 0 Å². The van der Waals surface area contributed by atoms with E-state index in [1.807, 2.05) is 24.3 Å². The molecule has 106 valence electrons. The normalized spacial score (nSPS) is 20.1. The second-order valence-electron chi connectivity index (χ2n) is 5.84. The summed E-state index contributed by atoms with van der Waals surface area (Å²) in [6.07, 6.45) is 3.75. The minimum absolute atomic E-state index is 0.0697. The Hall–Kier alpha value is -1.61. The Morgan fingerprint density at radius 2 is 2.10 bits per heavy atom. The summed E-state index contributed by atoms with van der Waals surface area (Å²) in [7, 11) is 0. The van der Waals surface area contributed by atoms with Crippen LogP contribution in [0, 0.1) is 5.92 Å². The van der Waals surface area contributed by atoms with Crippen LogP contribution in [-0.4, -0.2) is 23.2 Å². The molecule has 1 aromatic heterocycles. The molecule has 20 heavy (non-hydrogen) atoms. The Bertz CT molecular complexity index is 597. The highest BCUT2D eigenvalue weighted by atomic mass is 16.3. The molecule has 2 aromatic rings. The van der Waals surface area contributed by atoms with Crippen molar-refractivity contribution in [1.82, 2.24) is 4.98 Å². The summed E-state index contributed by atoms with van der Waals surface area (Å²) in [5.41, 5.74) is 1.95. The van der Waals surface area contributed by atoms with Crippen LogP contribution < -0.4 is 4.90 Å². The molecule has 1 unspecified atom stereocenters. The Labute approximate surface area is 120 Å². The van der Waals surface area contributed by atoms with Gasteiger partial charge < -0.3 is 10.0 Å². The van der Waals surface area contributed by atoms with Gasteiger partial charge in [-0.1, -0.05) is 25.1 Å². The summed E-state index contributed by atoms with van der Waals surface area (Å²) < 4.78 is 0. The maximum atomic E-state index is 9.61. The fourth-order valence-corrected chi connectivity index (χ4v) is 3.02. The monoisotopic (exact) mass is 270 g/mol. The summed E-state index contributed by atoms with van der Waals surface area (Å²) in [4.78, 5) is 7.16. The van der Waals surface area contributed by atoms with E-state index in [4.69, 9.17) is 4.98 Å². The van der Waals surface area contributed by atoms with Crippen molar-refractivity contribution in [2.45, 2.75) is 32.8 Å². The van der Waals surface area contributed by atoms with Crippen LogP contribution in [0.3, 0.4) is 0 Å². The Balaban J connectivity index is 1.98. The van der Waals surface area contributed by atoms with E-state index in [-0.39, 0.29) is 6.61 Å². The highest BCUT2D eigenvalue weighted by Gasteiger charge is 2.16. The van der Waals surface area contributed by atoms with E-state index in [1.165, 1.54) is 19.3 Å². The van der Waals surface area contributed by atoms with Crippen LogP contribution in [0.15, 0.2) is 30.3 Å². The van der Waals surface area contributed by atoms with Crippen LogP contribution in [-0.2, 0) is 6.61 Å². The quantitative estimate of drug-likeness (QED) is 0.909. The Kier molecular flexibility index (Phi) is 3.88. The zero-order valence-electron chi connectivity index (χ0n) is 12.0. The summed E-state index contributed by atoms with van der Waals surface area (Å²) in [5.74, 6) is 1.82. The number of aromatic nitrogens is 1. The summed E-state index contributed by atoms with van der Waals surface area (Å²) >= 11 is 0. The Morgan fingerprint density at radius 3 is 2.95 bits per heavy atom. The van der Waals surface area contributed by atoms with Gasteiger partial charge in [-0.05, 0) is 42.9 Å². The molecule has 1 aliphatic rings. The maximum absolute atomic E-state index is 9.61. The van der Waals surface area contributed by atoms with Crippen LogP contribution in [0.2, 0.25) is 0 Å². The number of para-hydroxylation sites is 1. The molecule has 0 radical (unpaired) electrons. The number of fused-ring (bicyclic) bond motifs is 1. The first-order chi connectivity index (χ1) is 9.78. The van der Waals surface area contributed by atoms with Crippen molar-refractivity contribution in [2.75, 3.05) is 18.0 Å². The number of aliphatic hydroxyl groups is 1. The van der Waals surface area contributed by atoms with Gasteiger partial charge in [-0.3, -0.25) is 0 Å². The van der Waals surface area contributed by atoms with Crippen LogP contribution in [0.5, 0.6) is 0 Å². The molecular formula is C17H22N2O. The van der Waals surface area contributed by atoms with Gasteiger partial charge in [-0.2, -0.15) is 0 Å². The SMILES string of the molecule is CC1CCCN(c2cc(CO)c3ccccc3n2)CC1. The zero-order chi connectivity index (χ0) is 13.9. The van der Waals surface area contributed by atoms with Gasteiger partial charge in [0.15, 0.2) is 0 Å². The Morgan fingerprint density at radius 1 is 1.25 bits per heavy atom. The molecule has 1 aliphatic heterocycles. The van der Waals surface area contributed by atoms with E-state index in [2.05, 4.69) is 17.9 Å². The molecule has 2 heterocycles. The predicted octanol–water partition coefficient (Wildman–Crippen LogP) is 3.35. The van der Waals surface area contributed by atoms with Crippen molar-refractivity contribution in [3.8, 4) is 0 Å². The van der Waals surface area contributed by atoms with E-state index in [0.717, 1.165) is 41.3 Å². The number of pyridine rings is 1. The van der Waals surface area contributed by atoms with E-state index in [1.54, 1.807) is 0 Å². The minimum Gasteiger partial charge on any atom is -0.392 e. The number of benzene rings is 1. The van der Waals surface area contributed by atoms with Crippen molar-refractivity contribution in [3.05, 3.63) is 35.9 Å². The second kappa shape index (κ2) is 5.80. The van der Waals surface area contributed by atoms with Gasteiger partial charge >= 0.3 is 0 Å². The standard InChI is InChI=1S/C17H22N2O/c1-13-5-4-9-19(10-8-13)17-11-14(12-20)15-6-2-3-7-16(15)18-17/h2-3,6-7,11,13,20H,4-5,8-10,12H2,1H3. The number of anilines is 1. The topological polar surface area (TPSA) is 36.4 Å². The number of rotatable bonds is 2. The summed E-state index contributed by atoms with van der Waals surface area (Å²) in [6.45, 7) is 4.54. The fourth-order valence-electron chi connectivity index (χ4n) is 3.02. The number of aliphatic hydroxyl groups excluding tert-OH is 1. The zero-order valence-corrected chi connectivity index (χ0v) is 12.0. The third-order valence-electron chi connectivity index (χ3n) is 4.30. The molecular weight excluding hydrogens is 248 g/mol. The van der Waals surface area contributed by atoms with Gasteiger partial charge in [0.05, 0.1) is 12.1 Å². The lowest BCUT2D eigenvalue weighted by atomic mass is 10.0. The van der Waals surface area contributed by atoms with Gasteiger partial charge in [-0.15, -0.1) is 0 Å². The van der Waals surface area contributed by atoms with Crippen LogP contribution in [0.4, 0.5) is 5.82 Å². The van der Waals surface area contributed by atoms with E-state index in [0.29, 0.717) is 0 Å². The van der Waals surface area contributed by atoms with Crippen molar-refractivity contribution in [3.63, 3.8) is 0 Å². The van der Waals surface area contributed by atoms with Gasteiger partial charge in [0.25, 0.3) is 0 Å². The minimum atomic E-state index is 0.0697. The number of hydrogen-bond donors (Lipinski definition) is 1. The van der Waals surface area contributed by atoms with Crippen molar-refractivity contribution >= 4 is 16.7 Å². The lowest BCUT2D eigenvalue weighted by Gasteiger charge is -2.22. The average molecular weight is 270 g/mol. The largest absolute Gasteiger partial charge is 0.392 e. The molecule has 0 spiro atoms. The molecule has 1 atom stereocenters. The molecule has 0 saturated carbocycles. The molecule has 0 aliphatic carbocycles. The average Bonchev–Trinajstić information content (AvgIpc) is 2.71. The number of nitrogens with zero attached hydrogens (tertiary/aromatic N) is 2. The molecule has 1 N–H and O–H groups in total. The smallest absolute Gasteiger partial charge is 0.129 e. The van der Waals surface area contributed by atoms with Gasteiger partial charge in [0.2, 0.25) is 0 Å². The first kappa shape index (κ1) is 13.4. The maximum Gasteiger partial charge on any atom is 0.129 e. The molecule has 3 rings (SSSR count). The first-order valence-corrected chi connectivity index (χ1v) is 7.52. The third-order valence-corrected chi connectivity index (χ3v) is 4.30. The molecule has 0 bridgehead atoms. The van der Waals surface area contributed by atoms with Crippen molar-refractivity contribution in [1.29, 1.82) is 0 Å². The van der Waals surface area contributed by atoms with Gasteiger partial charge in [0.1, 0.15) is 5.82 Å². The molecule has 1 fully saturated rings. The van der Waals surface area contributed by atoms with Gasteiger partial charge in [0, 0.05) is 18.5 Å². The third kappa shape index (κ3) is 2.63. The van der Waals surface area contributed by atoms with Crippen molar-refractivity contribution < 1.29 is 5.11 Å². The lowest BCUT2D eigenvalue weighted by Crippen LogP contribution is -2.25. The molecule has 1 saturated heterocycles. The van der Waals surface area contributed by atoms with Crippen LogP contribution >= 0.6 is 0 Å². The van der Waals surface area contributed by atoms with Crippen LogP contribution in [0.1, 0.15) is 31.7 Å². The highest BCUT2D eigenvalue weighted by molar-refractivity contribution is 5.84. The summed E-state index contributed by atoms with van der Waals surface area (Å²) in [5, 5.41) is 10.7. The van der Waals surface area contributed by atoms with Crippen molar-refractivity contribution in [2.24, 2.45) is 5.92 Å².